The van der Waals surface area contributed by atoms with Gasteiger partial charge in [0.2, 0.25) is 12.7 Å². The molecular weight excluding hydrogens is 336 g/mol. The lowest BCUT2D eigenvalue weighted by Gasteiger charge is -2.28. The Kier molecular flexibility index (Phi) is 5.03. The Morgan fingerprint density at radius 3 is 2.81 bits per heavy atom. The molecule has 0 aliphatic carbocycles. The summed E-state index contributed by atoms with van der Waals surface area (Å²) in [5.41, 5.74) is 7.15. The topological polar surface area (TPSA) is 104 Å². The van der Waals surface area contributed by atoms with Crippen LogP contribution in [0, 0.1) is 11.3 Å². The van der Waals surface area contributed by atoms with Crippen molar-refractivity contribution in [2.24, 2.45) is 5.73 Å². The van der Waals surface area contributed by atoms with Crippen molar-refractivity contribution in [3.05, 3.63) is 46.6 Å². The van der Waals surface area contributed by atoms with Crippen LogP contribution in [0.25, 0.3) is 0 Å². The number of nitrogens with two attached hydrogens (primary N) is 1. The molecule has 2 N–H and O–H groups in total. The maximum absolute atomic E-state index is 12.7. The number of carbonyl (C=O) groups is 1. The molecule has 0 radical (unpaired) electrons. The Hall–Kier alpha value is -3.14. The standard InChI is InChI=1S/C19H20N2O5/c1-3-5-14-17(19(22)23-4-2)16(12(9-20)18(21)26-14)11-6-7-13-15(8-11)25-10-24-13/h6-8,16H,3-5,10,21H2,1-2H3/t16-/m0/s1. The first-order valence-electron chi connectivity index (χ1n) is 8.47. The van der Waals surface area contributed by atoms with Gasteiger partial charge in [-0.05, 0) is 31.0 Å². The van der Waals surface area contributed by atoms with Crippen LogP contribution in [0.3, 0.4) is 0 Å². The van der Waals surface area contributed by atoms with Crippen LogP contribution in [-0.4, -0.2) is 19.4 Å². The molecule has 1 aromatic carbocycles. The van der Waals surface area contributed by atoms with Gasteiger partial charge in [-0.1, -0.05) is 13.0 Å². The summed E-state index contributed by atoms with van der Waals surface area (Å²) in [6.45, 7) is 4.05. The van der Waals surface area contributed by atoms with Gasteiger partial charge in [-0.3, -0.25) is 0 Å². The average Bonchev–Trinajstić information content (AvgIpc) is 3.09. The van der Waals surface area contributed by atoms with Crippen LogP contribution in [-0.2, 0) is 14.3 Å². The van der Waals surface area contributed by atoms with Gasteiger partial charge in [0.1, 0.15) is 17.4 Å². The van der Waals surface area contributed by atoms with Gasteiger partial charge in [-0.2, -0.15) is 5.26 Å². The molecule has 0 unspecified atom stereocenters. The lowest BCUT2D eigenvalue weighted by atomic mass is 9.82. The number of rotatable bonds is 5. The highest BCUT2D eigenvalue weighted by molar-refractivity contribution is 5.92. The minimum atomic E-state index is -0.677. The highest BCUT2D eigenvalue weighted by Gasteiger charge is 2.37. The molecule has 0 fully saturated rings. The maximum Gasteiger partial charge on any atom is 0.338 e. The van der Waals surface area contributed by atoms with Crippen LogP contribution < -0.4 is 15.2 Å². The fourth-order valence-corrected chi connectivity index (χ4v) is 3.09. The van der Waals surface area contributed by atoms with Crippen LogP contribution in [0.4, 0.5) is 0 Å². The van der Waals surface area contributed by atoms with E-state index in [2.05, 4.69) is 6.07 Å². The van der Waals surface area contributed by atoms with Crippen LogP contribution >= 0.6 is 0 Å². The lowest BCUT2D eigenvalue weighted by Crippen LogP contribution is -2.26. The van der Waals surface area contributed by atoms with Gasteiger partial charge in [0.15, 0.2) is 11.5 Å². The number of hydrogen-bond acceptors (Lipinski definition) is 7. The zero-order valence-corrected chi connectivity index (χ0v) is 14.7. The molecule has 26 heavy (non-hydrogen) atoms. The first kappa shape index (κ1) is 17.7. The van der Waals surface area contributed by atoms with Gasteiger partial charge < -0.3 is 24.7 Å². The monoisotopic (exact) mass is 356 g/mol. The Balaban J connectivity index is 2.15. The first-order chi connectivity index (χ1) is 12.6. The second-order valence-corrected chi connectivity index (χ2v) is 5.84. The van der Waals surface area contributed by atoms with Gasteiger partial charge in [0, 0.05) is 6.42 Å². The summed E-state index contributed by atoms with van der Waals surface area (Å²) >= 11 is 0. The van der Waals surface area contributed by atoms with Crippen LogP contribution in [0.1, 0.15) is 38.2 Å². The van der Waals surface area contributed by atoms with Crippen molar-refractivity contribution in [1.29, 1.82) is 5.26 Å². The summed E-state index contributed by atoms with van der Waals surface area (Å²) in [6.07, 6.45) is 1.26. The number of nitriles is 1. The van der Waals surface area contributed by atoms with Crippen LogP contribution in [0.2, 0.25) is 0 Å². The Morgan fingerprint density at radius 2 is 2.12 bits per heavy atom. The van der Waals surface area contributed by atoms with Crippen LogP contribution in [0.15, 0.2) is 41.0 Å². The summed E-state index contributed by atoms with van der Waals surface area (Å²) in [5.74, 6) is 0.427. The van der Waals surface area contributed by atoms with Gasteiger partial charge in [0.25, 0.3) is 0 Å². The molecule has 0 saturated carbocycles. The molecule has 7 nitrogen and oxygen atoms in total. The van der Waals surface area contributed by atoms with E-state index in [4.69, 9.17) is 24.7 Å². The van der Waals surface area contributed by atoms with Gasteiger partial charge >= 0.3 is 5.97 Å². The van der Waals surface area contributed by atoms with E-state index in [9.17, 15) is 10.1 Å². The van der Waals surface area contributed by atoms with Crippen LogP contribution in [0.5, 0.6) is 11.5 Å². The first-order valence-corrected chi connectivity index (χ1v) is 8.47. The molecule has 0 bridgehead atoms. The number of esters is 1. The zero-order valence-electron chi connectivity index (χ0n) is 14.7. The molecule has 0 aromatic heterocycles. The second kappa shape index (κ2) is 7.40. The molecule has 3 rings (SSSR count). The third kappa shape index (κ3) is 3.06. The van der Waals surface area contributed by atoms with Crippen molar-refractivity contribution in [3.63, 3.8) is 0 Å². The van der Waals surface area contributed by atoms with E-state index < -0.39 is 11.9 Å². The molecule has 1 aromatic rings. The molecule has 2 heterocycles. The Morgan fingerprint density at radius 1 is 1.35 bits per heavy atom. The molecule has 1 atom stereocenters. The predicted molar refractivity (Wildman–Crippen MR) is 91.8 cm³/mol. The number of carbonyl (C=O) groups excluding carboxylic acids is 1. The van der Waals surface area contributed by atoms with Crippen molar-refractivity contribution in [2.45, 2.75) is 32.6 Å². The molecule has 0 spiro atoms. The largest absolute Gasteiger partial charge is 0.463 e. The number of benzene rings is 1. The van der Waals surface area contributed by atoms with E-state index in [0.29, 0.717) is 34.8 Å². The van der Waals surface area contributed by atoms with Crippen molar-refractivity contribution in [1.82, 2.24) is 0 Å². The summed E-state index contributed by atoms with van der Waals surface area (Å²) in [5, 5.41) is 9.63. The van der Waals surface area contributed by atoms with E-state index in [1.165, 1.54) is 0 Å². The van der Waals surface area contributed by atoms with E-state index in [1.807, 2.05) is 6.92 Å². The molecular formula is C19H20N2O5. The lowest BCUT2D eigenvalue weighted by molar-refractivity contribution is -0.139. The quantitative estimate of drug-likeness (QED) is 0.809. The molecule has 2 aliphatic rings. The highest BCUT2D eigenvalue weighted by atomic mass is 16.7. The number of hydrogen-bond donors (Lipinski definition) is 1. The normalized spacial score (nSPS) is 18.4. The third-order valence-corrected chi connectivity index (χ3v) is 4.20. The summed E-state index contributed by atoms with van der Waals surface area (Å²) in [6, 6.07) is 7.37. The second-order valence-electron chi connectivity index (χ2n) is 5.84. The summed E-state index contributed by atoms with van der Waals surface area (Å²) < 4.78 is 21.6. The molecule has 7 heteroatoms. The smallest absolute Gasteiger partial charge is 0.338 e. The Bertz CT molecular complexity index is 835. The van der Waals surface area contributed by atoms with Gasteiger partial charge in [-0.15, -0.1) is 0 Å². The van der Waals surface area contributed by atoms with Gasteiger partial charge in [0.05, 0.1) is 18.1 Å². The number of ether oxygens (including phenoxy) is 4. The average molecular weight is 356 g/mol. The number of allylic oxidation sites excluding steroid dienone is 2. The van der Waals surface area contributed by atoms with E-state index in [1.54, 1.807) is 25.1 Å². The minimum Gasteiger partial charge on any atom is -0.463 e. The summed E-state index contributed by atoms with van der Waals surface area (Å²) in [4.78, 5) is 12.7. The molecule has 0 saturated heterocycles. The molecule has 136 valence electrons. The fraction of sp³-hybridized carbons (Fsp3) is 0.368. The van der Waals surface area contributed by atoms with Crippen molar-refractivity contribution < 1.29 is 23.7 Å². The van der Waals surface area contributed by atoms with E-state index in [-0.39, 0.29) is 24.9 Å². The fourth-order valence-electron chi connectivity index (χ4n) is 3.09. The predicted octanol–water partition coefficient (Wildman–Crippen LogP) is 2.84. The zero-order chi connectivity index (χ0) is 18.7. The maximum atomic E-state index is 12.7. The molecule has 0 amide bonds. The van der Waals surface area contributed by atoms with Crippen molar-refractivity contribution in [3.8, 4) is 17.6 Å². The number of fused-ring (bicyclic) bond motifs is 1. The van der Waals surface area contributed by atoms with E-state index in [0.717, 1.165) is 6.42 Å². The van der Waals surface area contributed by atoms with Crippen molar-refractivity contribution in [2.75, 3.05) is 13.4 Å². The summed E-state index contributed by atoms with van der Waals surface area (Å²) in [7, 11) is 0. The molecule has 2 aliphatic heterocycles. The van der Waals surface area contributed by atoms with Gasteiger partial charge in [-0.25, -0.2) is 4.79 Å². The van der Waals surface area contributed by atoms with Crippen molar-refractivity contribution >= 4 is 5.97 Å². The third-order valence-electron chi connectivity index (χ3n) is 4.20. The SMILES string of the molecule is CCCC1=C(C(=O)OCC)[C@@H](c2ccc3c(c2)OCO3)C(C#N)=C(N)O1. The highest BCUT2D eigenvalue weighted by Crippen LogP contribution is 2.43. The van der Waals surface area contributed by atoms with E-state index >= 15 is 0 Å². The number of nitrogens with zero attached hydrogens (tertiary/aromatic N) is 1. The minimum absolute atomic E-state index is 0.00617. The Labute approximate surface area is 151 Å².